The van der Waals surface area contributed by atoms with E-state index in [-0.39, 0.29) is 19.3 Å². The summed E-state index contributed by atoms with van der Waals surface area (Å²) in [6, 6.07) is 0. The van der Waals surface area contributed by atoms with Gasteiger partial charge in [0, 0.05) is 19.3 Å². The van der Waals surface area contributed by atoms with Crippen LogP contribution in [0.3, 0.4) is 0 Å². The minimum absolute atomic E-state index is 0.0249. The highest BCUT2D eigenvalue weighted by Crippen LogP contribution is 2.49. The number of hydrogen-bond acceptors (Lipinski definition) is 23. The molecule has 24 nitrogen and oxygen atoms in total. The molecule has 1 aliphatic carbocycles. The van der Waals surface area contributed by atoms with Gasteiger partial charge in [-0.1, -0.05) is 277 Å². The molecule has 3 aliphatic rings. The number of aliphatic hydroxyl groups is 10. The fourth-order valence-electron chi connectivity index (χ4n) is 13.5. The molecule has 1 saturated carbocycles. The van der Waals surface area contributed by atoms with E-state index in [1.165, 1.54) is 161 Å². The lowest BCUT2D eigenvalue weighted by atomic mass is 9.84. The van der Waals surface area contributed by atoms with Crippen molar-refractivity contribution >= 4 is 25.7 Å². The van der Waals surface area contributed by atoms with Crippen molar-refractivity contribution in [2.24, 2.45) is 0 Å². The molecule has 0 spiro atoms. The molecule has 0 radical (unpaired) electrons. The van der Waals surface area contributed by atoms with Crippen LogP contribution in [0.25, 0.3) is 0 Å². The lowest BCUT2D eigenvalue weighted by Crippen LogP contribution is -2.69. The van der Waals surface area contributed by atoms with Gasteiger partial charge in [-0.2, -0.15) is 0 Å². The van der Waals surface area contributed by atoms with E-state index >= 15 is 0 Å². The van der Waals surface area contributed by atoms with Crippen LogP contribution in [-0.2, 0) is 61.2 Å². The summed E-state index contributed by atoms with van der Waals surface area (Å²) in [6.07, 6.45) is 19.6. The smallest absolute Gasteiger partial charge is 0.463 e. The topological polar surface area (TPSA) is 374 Å². The molecule has 3 fully saturated rings. The van der Waals surface area contributed by atoms with Crippen LogP contribution in [0.4, 0.5) is 0 Å². The zero-order valence-corrected chi connectivity index (χ0v) is 63.8. The predicted octanol–water partition coefficient (Wildman–Crippen LogP) is 12.3. The largest absolute Gasteiger partial charge is 0.472 e. The van der Waals surface area contributed by atoms with Crippen molar-refractivity contribution in [1.29, 1.82) is 0 Å². The average Bonchev–Trinajstić information content (AvgIpc) is 0.761. The quantitative estimate of drug-likeness (QED) is 0.00886. The summed E-state index contributed by atoms with van der Waals surface area (Å²) in [7, 11) is -5.70. The number of aliphatic hydroxyl groups excluding tert-OH is 10. The Morgan fingerprint density at radius 3 is 1.07 bits per heavy atom. The number of rotatable bonds is 64. The standard InChI is InChI=1S/C77H143O24P/c1-4-7-10-13-16-19-22-25-28-31-34-36-39-42-45-48-51-61(79)93-55-58(96-63(81)53-50-47-44-41-38-35-32-29-26-23-20-17-14-11-8-5-2)56-95-102(91,92)101-75-73(99-76-71(89)66(84)64(82)59(54-78)97-76)69(87)68(86)70(88)74(75)100-77-72(90)67(85)65(83)60(98-77)57-94-62(80)52-49-46-43-40-37-33-30-27-24-21-18-15-12-9-6-3/h21,24,58-60,64-78,82-90H,4-20,22-23,25-57H2,1-3H3,(H,91,92)/b24-21-. The van der Waals surface area contributed by atoms with Crippen LogP contribution >= 0.6 is 7.82 Å². The number of phosphoric ester groups is 1. The summed E-state index contributed by atoms with van der Waals surface area (Å²) < 4.78 is 65.2. The summed E-state index contributed by atoms with van der Waals surface area (Å²) in [4.78, 5) is 51.2. The fraction of sp³-hybridized carbons (Fsp3) is 0.935. The van der Waals surface area contributed by atoms with Crippen LogP contribution in [0.1, 0.15) is 329 Å². The number of unbranched alkanes of at least 4 members (excludes halogenated alkanes) is 41. The number of phosphoric acid groups is 1. The maximum absolute atomic E-state index is 14.4. The Bertz CT molecular complexity index is 2150. The second-order valence-electron chi connectivity index (χ2n) is 29.1. The normalized spacial score (nSPS) is 27.0. The molecular weight excluding hydrogens is 1340 g/mol. The van der Waals surface area contributed by atoms with Gasteiger partial charge in [-0.15, -0.1) is 0 Å². The maximum Gasteiger partial charge on any atom is 0.472 e. The van der Waals surface area contributed by atoms with Crippen LogP contribution < -0.4 is 0 Å². The first-order valence-corrected chi connectivity index (χ1v) is 42.0. The fourth-order valence-corrected chi connectivity index (χ4v) is 14.4. The molecule has 18 atom stereocenters. The third kappa shape index (κ3) is 40.8. The van der Waals surface area contributed by atoms with Crippen molar-refractivity contribution < 1.29 is 117 Å². The summed E-state index contributed by atoms with van der Waals surface area (Å²) in [5.41, 5.74) is 0. The summed E-state index contributed by atoms with van der Waals surface area (Å²) >= 11 is 0. The molecule has 0 aromatic heterocycles. The molecule has 0 aromatic carbocycles. The molecule has 102 heavy (non-hydrogen) atoms. The number of carbonyl (C=O) groups is 3. The predicted molar refractivity (Wildman–Crippen MR) is 388 cm³/mol. The first-order valence-electron chi connectivity index (χ1n) is 40.5. The zero-order chi connectivity index (χ0) is 74.6. The molecule has 25 heteroatoms. The van der Waals surface area contributed by atoms with Crippen LogP contribution in [0.2, 0.25) is 0 Å². The van der Waals surface area contributed by atoms with Gasteiger partial charge in [0.15, 0.2) is 18.7 Å². The van der Waals surface area contributed by atoms with Gasteiger partial charge in [0.2, 0.25) is 0 Å². The molecule has 18 unspecified atom stereocenters. The second-order valence-corrected chi connectivity index (χ2v) is 30.5. The first-order chi connectivity index (χ1) is 49.3. The number of hydrogen-bond donors (Lipinski definition) is 11. The van der Waals surface area contributed by atoms with Crippen LogP contribution in [0.15, 0.2) is 12.2 Å². The second kappa shape index (κ2) is 58.7. The monoisotopic (exact) mass is 1480 g/mol. The molecule has 0 aromatic rings. The maximum atomic E-state index is 14.4. The highest BCUT2D eigenvalue weighted by molar-refractivity contribution is 7.47. The number of ether oxygens (including phenoxy) is 7. The summed E-state index contributed by atoms with van der Waals surface area (Å²) in [5.74, 6) is -1.98. The van der Waals surface area contributed by atoms with Gasteiger partial charge in [0.25, 0.3) is 0 Å². The van der Waals surface area contributed by atoms with Crippen LogP contribution in [0, 0.1) is 0 Å². The van der Waals surface area contributed by atoms with Crippen molar-refractivity contribution in [2.45, 2.75) is 433 Å². The van der Waals surface area contributed by atoms with Crippen molar-refractivity contribution in [1.82, 2.24) is 0 Å². The molecule has 600 valence electrons. The van der Waals surface area contributed by atoms with Crippen molar-refractivity contribution in [3.63, 3.8) is 0 Å². The first kappa shape index (κ1) is 93.9. The third-order valence-corrected chi connectivity index (χ3v) is 21.0. The number of esters is 3. The van der Waals surface area contributed by atoms with E-state index in [1.54, 1.807) is 0 Å². The lowest BCUT2D eigenvalue weighted by molar-refractivity contribution is -0.360. The average molecular weight is 1480 g/mol. The summed E-state index contributed by atoms with van der Waals surface area (Å²) in [5, 5.41) is 110. The van der Waals surface area contributed by atoms with E-state index < -0.39 is 156 Å². The van der Waals surface area contributed by atoms with E-state index in [9.17, 15) is 74.9 Å². The molecule has 2 saturated heterocycles. The minimum atomic E-state index is -5.70. The lowest BCUT2D eigenvalue weighted by Gasteiger charge is -2.49. The Hall–Kier alpha value is -2.30. The van der Waals surface area contributed by atoms with Crippen molar-refractivity contribution in [2.75, 3.05) is 26.4 Å². The Morgan fingerprint density at radius 2 is 0.686 bits per heavy atom. The zero-order valence-electron chi connectivity index (χ0n) is 62.9. The van der Waals surface area contributed by atoms with Crippen molar-refractivity contribution in [3.8, 4) is 0 Å². The van der Waals surface area contributed by atoms with E-state index in [4.69, 9.17) is 42.2 Å². The van der Waals surface area contributed by atoms with E-state index in [1.807, 2.05) is 0 Å². The highest BCUT2D eigenvalue weighted by Gasteiger charge is 2.58. The molecular formula is C77H143O24P. The van der Waals surface area contributed by atoms with Gasteiger partial charge < -0.3 is 89.1 Å². The number of carbonyl (C=O) groups excluding carboxylic acids is 3. The van der Waals surface area contributed by atoms with Gasteiger partial charge in [-0.25, -0.2) is 4.57 Å². The van der Waals surface area contributed by atoms with Gasteiger partial charge in [0.1, 0.15) is 98.7 Å². The Balaban J connectivity index is 1.70. The Morgan fingerprint density at radius 1 is 0.373 bits per heavy atom. The van der Waals surface area contributed by atoms with Crippen molar-refractivity contribution in [3.05, 3.63) is 12.2 Å². The Kier molecular flexibility index (Phi) is 54.0. The molecule has 0 amide bonds. The number of allylic oxidation sites excluding steroid dienone is 2. The van der Waals surface area contributed by atoms with Gasteiger partial charge in [-0.3, -0.25) is 23.4 Å². The molecule has 0 bridgehead atoms. The van der Waals surface area contributed by atoms with Crippen LogP contribution in [-0.4, -0.2) is 204 Å². The SMILES string of the molecule is CCCCCC/C=C\CCCCCCCCCC(=O)OCC1OC(OC2C(O)C(O)C(O)C(OC3OC(CO)C(O)C(O)C3O)C2OP(=O)(O)OCC(COC(=O)CCCCCCCCCCCCCCCCCC)OC(=O)CCCCCCCCCCCCCCCCCC)C(O)C(O)C1O. The van der Waals surface area contributed by atoms with Gasteiger partial charge in [-0.05, 0) is 44.9 Å². The highest BCUT2D eigenvalue weighted by atomic mass is 31.2. The third-order valence-electron chi connectivity index (χ3n) is 20.0. The van der Waals surface area contributed by atoms with E-state index in [0.29, 0.717) is 19.3 Å². The van der Waals surface area contributed by atoms with Gasteiger partial charge >= 0.3 is 25.7 Å². The Labute approximate surface area is 612 Å². The van der Waals surface area contributed by atoms with Gasteiger partial charge in [0.05, 0.1) is 13.2 Å². The molecule has 2 aliphatic heterocycles. The van der Waals surface area contributed by atoms with E-state index in [2.05, 4.69) is 32.9 Å². The summed E-state index contributed by atoms with van der Waals surface area (Å²) in [6.45, 7) is 3.49. The molecule has 11 N–H and O–H groups in total. The minimum Gasteiger partial charge on any atom is -0.463 e. The van der Waals surface area contributed by atoms with Crippen LogP contribution in [0.5, 0.6) is 0 Å². The van der Waals surface area contributed by atoms with E-state index in [0.717, 1.165) is 109 Å². The molecule has 2 heterocycles. The molecule has 3 rings (SSSR count).